The molecule has 5 rings (SSSR count). The van der Waals surface area contributed by atoms with Gasteiger partial charge in [-0.3, -0.25) is 4.79 Å². The van der Waals surface area contributed by atoms with E-state index in [1.54, 1.807) is 18.2 Å². The van der Waals surface area contributed by atoms with E-state index in [2.05, 4.69) is 27.0 Å². The molecule has 1 aromatic heterocycles. The molecule has 1 N–H and O–H groups in total. The van der Waals surface area contributed by atoms with Gasteiger partial charge in [-0.05, 0) is 42.3 Å². The number of aryl methyl sites for hydroxylation is 1. The van der Waals surface area contributed by atoms with Crippen molar-refractivity contribution in [2.75, 3.05) is 11.9 Å². The van der Waals surface area contributed by atoms with Crippen LogP contribution < -0.4 is 14.9 Å². The molecule has 160 valence electrons. The molecule has 0 saturated heterocycles. The van der Waals surface area contributed by atoms with E-state index in [1.165, 1.54) is 23.0 Å². The van der Waals surface area contributed by atoms with Crippen molar-refractivity contribution in [2.45, 2.75) is 13.0 Å². The maximum Gasteiger partial charge on any atom is 0.262 e. The molecule has 0 bridgehead atoms. The lowest BCUT2D eigenvalue weighted by atomic mass is 10.1. The van der Waals surface area contributed by atoms with Gasteiger partial charge in [0.25, 0.3) is 5.91 Å². The van der Waals surface area contributed by atoms with Crippen molar-refractivity contribution >= 4 is 28.6 Å². The molecule has 0 spiro atoms. The number of ether oxygens (including phenoxy) is 1. The van der Waals surface area contributed by atoms with E-state index in [9.17, 15) is 9.18 Å². The lowest BCUT2D eigenvalue weighted by molar-refractivity contribution is -0.118. The normalized spacial score (nSPS) is 13.4. The zero-order chi connectivity index (χ0) is 21.9. The summed E-state index contributed by atoms with van der Waals surface area (Å²) >= 11 is 1.46. The molecule has 0 atom stereocenters. The number of fused-ring (bicyclic) bond motifs is 1. The fraction of sp³-hybridized carbons (Fsp3) is 0.120. The van der Waals surface area contributed by atoms with Gasteiger partial charge in [-0.1, -0.05) is 42.5 Å². The highest BCUT2D eigenvalue weighted by atomic mass is 32.1. The van der Waals surface area contributed by atoms with E-state index in [0.717, 1.165) is 17.7 Å². The highest BCUT2D eigenvalue weighted by molar-refractivity contribution is 7.07. The Morgan fingerprint density at radius 1 is 1.06 bits per heavy atom. The first-order valence-electron chi connectivity index (χ1n) is 10.3. The number of hydrogen-bond acceptors (Lipinski definition) is 4. The third-order valence-corrected chi connectivity index (χ3v) is 6.10. The number of para-hydroxylation sites is 1. The van der Waals surface area contributed by atoms with E-state index < -0.39 is 0 Å². The number of halogens is 1. The van der Waals surface area contributed by atoms with Crippen LogP contribution in [0.5, 0.6) is 5.75 Å². The Hall–Kier alpha value is -3.71. The van der Waals surface area contributed by atoms with Crippen LogP contribution in [0.3, 0.4) is 0 Å². The zero-order valence-corrected chi connectivity index (χ0v) is 17.9. The first-order valence-corrected chi connectivity index (χ1v) is 11.1. The van der Waals surface area contributed by atoms with Crippen LogP contribution >= 0.6 is 11.3 Å². The predicted molar refractivity (Wildman–Crippen MR) is 124 cm³/mol. The highest BCUT2D eigenvalue weighted by Gasteiger charge is 2.18. The third kappa shape index (κ3) is 4.20. The lowest BCUT2D eigenvalue weighted by Crippen LogP contribution is -2.25. The maximum absolute atomic E-state index is 14.3. The zero-order valence-electron chi connectivity index (χ0n) is 17.1. The molecule has 0 fully saturated rings. The summed E-state index contributed by atoms with van der Waals surface area (Å²) in [7, 11) is 0. The first kappa shape index (κ1) is 20.2. The average Bonchev–Trinajstić information content (AvgIpc) is 3.21. The van der Waals surface area contributed by atoms with Crippen molar-refractivity contribution in [3.8, 4) is 17.0 Å². The van der Waals surface area contributed by atoms with Gasteiger partial charge in [0.05, 0.1) is 11.4 Å². The van der Waals surface area contributed by atoms with Gasteiger partial charge >= 0.3 is 0 Å². The van der Waals surface area contributed by atoms with Crippen molar-refractivity contribution in [3.63, 3.8) is 0 Å². The summed E-state index contributed by atoms with van der Waals surface area (Å²) in [5, 5.41) is 4.87. The standard InChI is InChI=1S/C25H20FN3O2S/c26-19-8-4-5-9-20(19)28-25-29(13-12-17-6-2-1-3-7-17)22(16-32-25)18-10-11-23-21(14-18)27-24(30)15-31-23/h1-11,14,16H,12-13,15H2,(H,27,30). The molecule has 0 aliphatic carbocycles. The van der Waals surface area contributed by atoms with Gasteiger partial charge in [-0.25, -0.2) is 9.38 Å². The number of anilines is 1. The van der Waals surface area contributed by atoms with Crippen molar-refractivity contribution in [1.82, 2.24) is 4.57 Å². The van der Waals surface area contributed by atoms with Gasteiger partial charge in [0.15, 0.2) is 11.4 Å². The number of carbonyl (C=O) groups excluding carboxylic acids is 1. The van der Waals surface area contributed by atoms with Crippen LogP contribution in [0.25, 0.3) is 11.3 Å². The lowest BCUT2D eigenvalue weighted by Gasteiger charge is -2.19. The summed E-state index contributed by atoms with van der Waals surface area (Å²) in [6.07, 6.45) is 0.805. The Balaban J connectivity index is 1.58. The van der Waals surface area contributed by atoms with Crippen molar-refractivity contribution in [1.29, 1.82) is 0 Å². The summed E-state index contributed by atoms with van der Waals surface area (Å²) in [6.45, 7) is 0.698. The largest absolute Gasteiger partial charge is 0.482 e. The smallest absolute Gasteiger partial charge is 0.262 e. The number of aromatic nitrogens is 1. The number of amides is 1. The molecular formula is C25H20FN3O2S. The van der Waals surface area contributed by atoms with Gasteiger partial charge in [0.1, 0.15) is 17.3 Å². The van der Waals surface area contributed by atoms with Crippen LogP contribution in [0.2, 0.25) is 0 Å². The molecule has 1 aliphatic rings. The minimum Gasteiger partial charge on any atom is -0.482 e. The second-order valence-electron chi connectivity index (χ2n) is 7.40. The van der Waals surface area contributed by atoms with Crippen LogP contribution in [0, 0.1) is 5.82 Å². The van der Waals surface area contributed by atoms with Crippen molar-refractivity contribution in [3.05, 3.63) is 94.4 Å². The van der Waals surface area contributed by atoms with E-state index in [4.69, 9.17) is 4.74 Å². The summed E-state index contributed by atoms with van der Waals surface area (Å²) in [4.78, 5) is 17.1. The maximum atomic E-state index is 14.3. The Bertz CT molecular complexity index is 1340. The second kappa shape index (κ2) is 8.80. The SMILES string of the molecule is O=C1COc2ccc(-c3csc(=Nc4ccccc4F)n3CCc3ccccc3)cc2N1. The third-order valence-electron chi connectivity index (χ3n) is 5.24. The summed E-state index contributed by atoms with van der Waals surface area (Å²) in [5.41, 5.74) is 4.03. The molecule has 1 aliphatic heterocycles. The Morgan fingerprint density at radius 3 is 2.72 bits per heavy atom. The summed E-state index contributed by atoms with van der Waals surface area (Å²) in [5.74, 6) is 0.119. The summed E-state index contributed by atoms with van der Waals surface area (Å²) < 4.78 is 21.8. The molecule has 4 aromatic rings. The number of thiazole rings is 1. The Morgan fingerprint density at radius 2 is 1.88 bits per heavy atom. The number of hydrogen-bond donors (Lipinski definition) is 1. The number of rotatable bonds is 5. The number of carbonyl (C=O) groups is 1. The van der Waals surface area contributed by atoms with Gasteiger partial charge in [0.2, 0.25) is 0 Å². The fourth-order valence-corrected chi connectivity index (χ4v) is 4.59. The predicted octanol–water partition coefficient (Wildman–Crippen LogP) is 5.16. The topological polar surface area (TPSA) is 55.6 Å². The van der Waals surface area contributed by atoms with Gasteiger partial charge in [-0.15, -0.1) is 11.3 Å². The molecule has 5 nitrogen and oxygen atoms in total. The van der Waals surface area contributed by atoms with Crippen LogP contribution in [0.15, 0.2) is 83.2 Å². The molecule has 32 heavy (non-hydrogen) atoms. The van der Waals surface area contributed by atoms with Crippen LogP contribution in [0.4, 0.5) is 15.8 Å². The van der Waals surface area contributed by atoms with Gasteiger partial charge < -0.3 is 14.6 Å². The molecular weight excluding hydrogens is 425 g/mol. The van der Waals surface area contributed by atoms with Gasteiger partial charge in [0, 0.05) is 17.5 Å². The van der Waals surface area contributed by atoms with Crippen LogP contribution in [-0.2, 0) is 17.8 Å². The average molecular weight is 446 g/mol. The Kier molecular flexibility index (Phi) is 5.56. The van der Waals surface area contributed by atoms with E-state index in [1.807, 2.05) is 41.8 Å². The van der Waals surface area contributed by atoms with Crippen molar-refractivity contribution < 1.29 is 13.9 Å². The van der Waals surface area contributed by atoms with E-state index >= 15 is 0 Å². The minimum atomic E-state index is -0.356. The number of benzene rings is 3. The molecule has 1 amide bonds. The molecule has 0 saturated carbocycles. The number of nitrogens with one attached hydrogen (secondary N) is 1. The quantitative estimate of drug-likeness (QED) is 0.461. The van der Waals surface area contributed by atoms with Crippen LogP contribution in [-0.4, -0.2) is 17.1 Å². The molecule has 2 heterocycles. The van der Waals surface area contributed by atoms with E-state index in [0.29, 0.717) is 28.5 Å². The highest BCUT2D eigenvalue weighted by Crippen LogP contribution is 2.33. The van der Waals surface area contributed by atoms with Gasteiger partial charge in [-0.2, -0.15) is 0 Å². The summed E-state index contributed by atoms with van der Waals surface area (Å²) in [6, 6.07) is 22.4. The monoisotopic (exact) mass is 445 g/mol. The van der Waals surface area contributed by atoms with E-state index in [-0.39, 0.29) is 18.3 Å². The second-order valence-corrected chi connectivity index (χ2v) is 8.24. The van der Waals surface area contributed by atoms with Crippen LogP contribution in [0.1, 0.15) is 5.56 Å². The molecule has 0 unspecified atom stereocenters. The fourth-order valence-electron chi connectivity index (χ4n) is 3.64. The molecule has 0 radical (unpaired) electrons. The molecule has 3 aromatic carbocycles. The first-order chi connectivity index (χ1) is 15.7. The minimum absolute atomic E-state index is 0.0214. The number of nitrogens with zero attached hydrogens (tertiary/aromatic N) is 2. The Labute approximate surface area is 188 Å². The molecule has 7 heteroatoms. The van der Waals surface area contributed by atoms with Crippen molar-refractivity contribution in [2.24, 2.45) is 4.99 Å².